The van der Waals surface area contributed by atoms with Crippen LogP contribution in [0.3, 0.4) is 0 Å². The highest BCUT2D eigenvalue weighted by Gasteiger charge is 2.23. The highest BCUT2D eigenvalue weighted by molar-refractivity contribution is 5.23. The zero-order valence-corrected chi connectivity index (χ0v) is 11.7. The van der Waals surface area contributed by atoms with Crippen LogP contribution in [0, 0.1) is 5.82 Å². The highest BCUT2D eigenvalue weighted by Crippen LogP contribution is 2.24. The van der Waals surface area contributed by atoms with Crippen molar-refractivity contribution in [2.45, 2.75) is 31.2 Å². The maximum absolute atomic E-state index is 13.4. The molecular weight excluding hydrogens is 253 g/mol. The normalized spacial score (nSPS) is 16.3. The van der Waals surface area contributed by atoms with Gasteiger partial charge in [0, 0.05) is 31.7 Å². The number of hydrogen-bond acceptors (Lipinski definition) is 2. The summed E-state index contributed by atoms with van der Waals surface area (Å²) in [5.74, 6) is 0.0983. The van der Waals surface area contributed by atoms with E-state index in [1.165, 1.54) is 18.9 Å². The summed E-state index contributed by atoms with van der Waals surface area (Å²) < 4.78 is 15.3. The Bertz CT molecular complexity index is 575. The molecule has 1 unspecified atom stereocenters. The summed E-state index contributed by atoms with van der Waals surface area (Å²) in [5, 5.41) is 7.98. The van der Waals surface area contributed by atoms with Crippen LogP contribution < -0.4 is 5.32 Å². The molecule has 4 heteroatoms. The lowest BCUT2D eigenvalue weighted by atomic mass is 9.94. The second-order valence-corrected chi connectivity index (χ2v) is 5.62. The molecule has 1 aliphatic carbocycles. The first kappa shape index (κ1) is 13.3. The van der Waals surface area contributed by atoms with Crippen molar-refractivity contribution < 1.29 is 4.39 Å². The van der Waals surface area contributed by atoms with Gasteiger partial charge < -0.3 is 5.32 Å². The molecule has 1 saturated carbocycles. The standard InChI is InChI=1S/C16H20FN3/c1-20-8-7-16(19-20)10-13(11-18-15-5-6-15)12-3-2-4-14(17)9-12/h2-4,7-9,13,15,18H,5-6,10-11H2,1H3. The zero-order valence-electron chi connectivity index (χ0n) is 11.7. The fourth-order valence-corrected chi connectivity index (χ4v) is 2.49. The molecule has 106 valence electrons. The van der Waals surface area contributed by atoms with Crippen LogP contribution in [0.15, 0.2) is 36.5 Å². The lowest BCUT2D eigenvalue weighted by molar-refractivity contribution is 0.561. The van der Waals surface area contributed by atoms with Gasteiger partial charge in [-0.05, 0) is 43.0 Å². The van der Waals surface area contributed by atoms with Crippen LogP contribution in [0.1, 0.15) is 30.0 Å². The molecule has 1 aromatic heterocycles. The Hall–Kier alpha value is -1.68. The van der Waals surface area contributed by atoms with Crippen LogP contribution in [0.25, 0.3) is 0 Å². The summed E-state index contributed by atoms with van der Waals surface area (Å²) in [6.45, 7) is 0.880. The average molecular weight is 273 g/mol. The molecule has 1 N–H and O–H groups in total. The predicted molar refractivity (Wildman–Crippen MR) is 77.1 cm³/mol. The molecule has 1 fully saturated rings. The molecular formula is C16H20FN3. The maximum Gasteiger partial charge on any atom is 0.123 e. The van der Waals surface area contributed by atoms with Gasteiger partial charge in [-0.1, -0.05) is 12.1 Å². The van der Waals surface area contributed by atoms with Crippen LogP contribution in [-0.2, 0) is 13.5 Å². The highest BCUT2D eigenvalue weighted by atomic mass is 19.1. The van der Waals surface area contributed by atoms with Crippen molar-refractivity contribution in [2.24, 2.45) is 7.05 Å². The summed E-state index contributed by atoms with van der Waals surface area (Å²) in [6, 6.07) is 9.62. The van der Waals surface area contributed by atoms with E-state index in [1.807, 2.05) is 30.1 Å². The van der Waals surface area contributed by atoms with Gasteiger partial charge in [0.05, 0.1) is 5.69 Å². The lowest BCUT2D eigenvalue weighted by Gasteiger charge is -2.17. The molecule has 0 saturated heterocycles. The summed E-state index contributed by atoms with van der Waals surface area (Å²) >= 11 is 0. The molecule has 1 aliphatic rings. The van der Waals surface area contributed by atoms with Crippen molar-refractivity contribution in [3.05, 3.63) is 53.6 Å². The Morgan fingerprint density at radius 2 is 2.25 bits per heavy atom. The van der Waals surface area contributed by atoms with Crippen molar-refractivity contribution in [3.63, 3.8) is 0 Å². The Kier molecular flexibility index (Phi) is 3.83. The van der Waals surface area contributed by atoms with Crippen molar-refractivity contribution in [3.8, 4) is 0 Å². The van der Waals surface area contributed by atoms with E-state index in [2.05, 4.69) is 10.4 Å². The third-order valence-corrected chi connectivity index (χ3v) is 3.77. The minimum Gasteiger partial charge on any atom is -0.313 e. The summed E-state index contributed by atoms with van der Waals surface area (Å²) in [7, 11) is 1.92. The van der Waals surface area contributed by atoms with E-state index in [0.29, 0.717) is 6.04 Å². The molecule has 20 heavy (non-hydrogen) atoms. The molecule has 3 rings (SSSR count). The fraction of sp³-hybridized carbons (Fsp3) is 0.438. The number of hydrogen-bond donors (Lipinski definition) is 1. The molecule has 0 bridgehead atoms. The summed E-state index contributed by atoms with van der Waals surface area (Å²) in [4.78, 5) is 0. The van der Waals surface area contributed by atoms with E-state index in [0.717, 1.165) is 24.2 Å². The number of nitrogens with one attached hydrogen (secondary N) is 1. The van der Waals surface area contributed by atoms with Gasteiger partial charge in [-0.15, -0.1) is 0 Å². The van der Waals surface area contributed by atoms with Crippen molar-refractivity contribution in [1.29, 1.82) is 0 Å². The lowest BCUT2D eigenvalue weighted by Crippen LogP contribution is -2.25. The number of aryl methyl sites for hydroxylation is 1. The van der Waals surface area contributed by atoms with Crippen LogP contribution >= 0.6 is 0 Å². The Morgan fingerprint density at radius 1 is 1.40 bits per heavy atom. The van der Waals surface area contributed by atoms with Gasteiger partial charge in [0.25, 0.3) is 0 Å². The van der Waals surface area contributed by atoms with Crippen molar-refractivity contribution in [1.82, 2.24) is 15.1 Å². The Balaban J connectivity index is 1.74. The first-order valence-corrected chi connectivity index (χ1v) is 7.18. The van der Waals surface area contributed by atoms with E-state index in [4.69, 9.17) is 0 Å². The first-order valence-electron chi connectivity index (χ1n) is 7.18. The Labute approximate surface area is 118 Å². The Morgan fingerprint density at radius 3 is 2.90 bits per heavy atom. The smallest absolute Gasteiger partial charge is 0.123 e. The maximum atomic E-state index is 13.4. The number of benzene rings is 1. The number of halogens is 1. The monoisotopic (exact) mass is 273 g/mol. The van der Waals surface area contributed by atoms with Crippen molar-refractivity contribution >= 4 is 0 Å². The topological polar surface area (TPSA) is 29.9 Å². The van der Waals surface area contributed by atoms with Crippen LogP contribution in [-0.4, -0.2) is 22.4 Å². The minimum absolute atomic E-state index is 0.167. The van der Waals surface area contributed by atoms with Gasteiger partial charge in [0.2, 0.25) is 0 Å². The molecule has 0 amide bonds. The van der Waals surface area contributed by atoms with E-state index in [9.17, 15) is 4.39 Å². The second-order valence-electron chi connectivity index (χ2n) is 5.62. The molecule has 0 spiro atoms. The molecule has 3 nitrogen and oxygen atoms in total. The summed E-state index contributed by atoms with van der Waals surface area (Å²) in [6.07, 6.45) is 5.31. The van der Waals surface area contributed by atoms with Crippen LogP contribution in [0.2, 0.25) is 0 Å². The van der Waals surface area contributed by atoms with Gasteiger partial charge in [-0.3, -0.25) is 4.68 Å². The van der Waals surface area contributed by atoms with Gasteiger partial charge >= 0.3 is 0 Å². The second kappa shape index (κ2) is 5.75. The number of aromatic nitrogens is 2. The minimum atomic E-state index is -0.167. The van der Waals surface area contributed by atoms with Crippen molar-refractivity contribution in [2.75, 3.05) is 6.54 Å². The van der Waals surface area contributed by atoms with Gasteiger partial charge in [0.15, 0.2) is 0 Å². The van der Waals surface area contributed by atoms with Gasteiger partial charge in [0.1, 0.15) is 5.82 Å². The van der Waals surface area contributed by atoms with Crippen LogP contribution in [0.4, 0.5) is 4.39 Å². The molecule has 1 aromatic carbocycles. The number of rotatable bonds is 6. The van der Waals surface area contributed by atoms with E-state index < -0.39 is 0 Å². The zero-order chi connectivity index (χ0) is 13.9. The predicted octanol–water partition coefficient (Wildman–Crippen LogP) is 2.64. The molecule has 0 radical (unpaired) electrons. The van der Waals surface area contributed by atoms with E-state index in [1.54, 1.807) is 12.1 Å². The summed E-state index contributed by atoms with van der Waals surface area (Å²) in [5.41, 5.74) is 2.10. The largest absolute Gasteiger partial charge is 0.313 e. The SMILES string of the molecule is Cn1ccc(CC(CNC2CC2)c2cccc(F)c2)n1. The molecule has 1 atom stereocenters. The average Bonchev–Trinajstić information content (AvgIpc) is 3.17. The number of nitrogens with zero attached hydrogens (tertiary/aromatic N) is 2. The first-order chi connectivity index (χ1) is 9.70. The quantitative estimate of drug-likeness (QED) is 0.877. The van der Waals surface area contributed by atoms with Gasteiger partial charge in [-0.2, -0.15) is 5.10 Å². The third kappa shape index (κ3) is 3.45. The third-order valence-electron chi connectivity index (χ3n) is 3.77. The van der Waals surface area contributed by atoms with Gasteiger partial charge in [-0.25, -0.2) is 4.39 Å². The van der Waals surface area contributed by atoms with E-state index in [-0.39, 0.29) is 11.7 Å². The van der Waals surface area contributed by atoms with Crippen LogP contribution in [0.5, 0.6) is 0 Å². The fourth-order valence-electron chi connectivity index (χ4n) is 2.49. The van der Waals surface area contributed by atoms with E-state index >= 15 is 0 Å². The molecule has 1 heterocycles. The molecule has 0 aliphatic heterocycles. The molecule has 2 aromatic rings.